The Morgan fingerprint density at radius 2 is 1.73 bits per heavy atom. The van der Waals surface area contributed by atoms with Crippen molar-refractivity contribution in [3.8, 4) is 5.75 Å². The molecule has 2 aliphatic rings. The van der Waals surface area contributed by atoms with Gasteiger partial charge in [0, 0.05) is 35.9 Å². The van der Waals surface area contributed by atoms with Gasteiger partial charge in [-0.15, -0.1) is 0 Å². The Bertz CT molecular complexity index is 1500. The molecule has 4 rings (SSSR count). The molecule has 44 heavy (non-hydrogen) atoms. The van der Waals surface area contributed by atoms with Gasteiger partial charge >= 0.3 is 17.5 Å². The second kappa shape index (κ2) is 12.3. The molecule has 4 N–H and O–H groups in total. The maximum absolute atomic E-state index is 13.8. The van der Waals surface area contributed by atoms with E-state index in [4.69, 9.17) is 16.3 Å². The third-order valence-corrected chi connectivity index (χ3v) is 8.06. The highest BCUT2D eigenvalue weighted by atomic mass is 35.5. The number of carbonyl (C=O) groups excluding carboxylic acids is 3. The van der Waals surface area contributed by atoms with E-state index < -0.39 is 53.0 Å². The second-order valence-corrected chi connectivity index (χ2v) is 12.3. The Morgan fingerprint density at radius 1 is 1.09 bits per heavy atom. The van der Waals surface area contributed by atoms with E-state index in [9.17, 15) is 39.3 Å². The summed E-state index contributed by atoms with van der Waals surface area (Å²) in [6.45, 7) is 5.75. The summed E-state index contributed by atoms with van der Waals surface area (Å²) >= 11 is 5.97. The van der Waals surface area contributed by atoms with Gasteiger partial charge in [0.15, 0.2) is 0 Å². The Labute approximate surface area is 258 Å². The minimum Gasteiger partial charge on any atom is -0.478 e. The number of rotatable bonds is 8. The van der Waals surface area contributed by atoms with Crippen molar-refractivity contribution in [1.82, 2.24) is 10.2 Å². The van der Waals surface area contributed by atoms with Gasteiger partial charge < -0.3 is 35.2 Å². The first kappa shape index (κ1) is 32.5. The molecular formula is C31H34ClN3O9. The van der Waals surface area contributed by atoms with Crippen LogP contribution in [0.2, 0.25) is 5.02 Å². The van der Waals surface area contributed by atoms with Crippen LogP contribution in [0.3, 0.4) is 0 Å². The molecule has 0 saturated carbocycles. The van der Waals surface area contributed by atoms with Crippen LogP contribution in [0.25, 0.3) is 6.08 Å². The highest BCUT2D eigenvalue weighted by Crippen LogP contribution is 2.44. The summed E-state index contributed by atoms with van der Waals surface area (Å²) in [7, 11) is 1.63. The number of likely N-dealkylation sites (N-methyl/N-ethyl adjacent to an activating group) is 1. The van der Waals surface area contributed by atoms with E-state index in [2.05, 4.69) is 5.32 Å². The van der Waals surface area contributed by atoms with E-state index in [0.717, 1.165) is 0 Å². The Morgan fingerprint density at radius 3 is 2.32 bits per heavy atom. The van der Waals surface area contributed by atoms with Crippen molar-refractivity contribution in [2.24, 2.45) is 5.41 Å². The highest BCUT2D eigenvalue weighted by Gasteiger charge is 2.61. The lowest BCUT2D eigenvalue weighted by atomic mass is 9.85. The molecule has 0 spiro atoms. The molecule has 1 saturated heterocycles. The lowest BCUT2D eigenvalue weighted by molar-refractivity contribution is -0.180. The number of nitrogens with one attached hydrogen (secondary N) is 1. The van der Waals surface area contributed by atoms with Crippen LogP contribution < -0.4 is 15.0 Å². The van der Waals surface area contributed by atoms with Gasteiger partial charge in [0.25, 0.3) is 0 Å². The maximum Gasteiger partial charge on any atom is 0.363 e. The first-order valence-corrected chi connectivity index (χ1v) is 14.3. The fourth-order valence-corrected chi connectivity index (χ4v) is 5.44. The van der Waals surface area contributed by atoms with Crippen molar-refractivity contribution in [2.75, 3.05) is 18.5 Å². The summed E-state index contributed by atoms with van der Waals surface area (Å²) in [5.74, 6) is -5.09. The van der Waals surface area contributed by atoms with Crippen LogP contribution >= 0.6 is 11.6 Å². The molecule has 2 heterocycles. The summed E-state index contributed by atoms with van der Waals surface area (Å²) in [4.78, 5) is 66.6. The predicted molar refractivity (Wildman–Crippen MR) is 160 cm³/mol. The summed E-state index contributed by atoms with van der Waals surface area (Å²) in [5, 5.41) is 32.7. The zero-order valence-electron chi connectivity index (χ0n) is 24.6. The molecule has 2 aromatic carbocycles. The number of aliphatic hydroxyl groups excluding tert-OH is 1. The molecule has 3 atom stereocenters. The number of amides is 3. The molecule has 1 unspecified atom stereocenters. The van der Waals surface area contributed by atoms with Crippen molar-refractivity contribution < 1.29 is 44.0 Å². The fourth-order valence-electron chi connectivity index (χ4n) is 5.32. The molecule has 0 radical (unpaired) electrons. The first-order valence-electron chi connectivity index (χ1n) is 13.9. The van der Waals surface area contributed by atoms with Crippen LogP contribution in [0.5, 0.6) is 5.75 Å². The van der Waals surface area contributed by atoms with Crippen molar-refractivity contribution in [1.29, 1.82) is 0 Å². The number of ether oxygens (including phenoxy) is 1. The fraction of sp³-hybridized carbons (Fsp3) is 0.387. The Kier molecular flexibility index (Phi) is 9.08. The number of benzene rings is 2. The SMILES string of the molecule is CN(C(=O)[C@@H]1CCCN1C(=O)[C@@H](NC(=O)C=Cc1ccc2c(c1)C(O)C(C(=O)O)(C(=O)O)O2)C(C)(C)C)c1ccc(Cl)cc1. The van der Waals surface area contributed by atoms with E-state index in [1.54, 1.807) is 52.1 Å². The Hall–Kier alpha value is -4.42. The van der Waals surface area contributed by atoms with Gasteiger partial charge in [0.1, 0.15) is 23.9 Å². The molecular weight excluding hydrogens is 594 g/mol. The summed E-state index contributed by atoms with van der Waals surface area (Å²) in [6.07, 6.45) is 1.65. The minimum atomic E-state index is -2.89. The number of carboxylic acid groups (broad SMARTS) is 2. The van der Waals surface area contributed by atoms with Gasteiger partial charge in [-0.3, -0.25) is 14.4 Å². The maximum atomic E-state index is 13.8. The van der Waals surface area contributed by atoms with Crippen molar-refractivity contribution in [3.05, 3.63) is 64.7 Å². The largest absolute Gasteiger partial charge is 0.478 e. The van der Waals surface area contributed by atoms with Crippen molar-refractivity contribution in [3.63, 3.8) is 0 Å². The van der Waals surface area contributed by atoms with Crippen molar-refractivity contribution >= 4 is 53.0 Å². The molecule has 1 fully saturated rings. The zero-order valence-corrected chi connectivity index (χ0v) is 25.4. The van der Waals surface area contributed by atoms with E-state index in [-0.39, 0.29) is 17.2 Å². The predicted octanol–water partition coefficient (Wildman–Crippen LogP) is 2.87. The number of nitrogens with zero attached hydrogens (tertiary/aromatic N) is 2. The molecule has 2 aromatic rings. The number of likely N-dealkylation sites (tertiary alicyclic amines) is 1. The van der Waals surface area contributed by atoms with Crippen LogP contribution in [-0.2, 0) is 24.0 Å². The monoisotopic (exact) mass is 627 g/mol. The third-order valence-electron chi connectivity index (χ3n) is 7.81. The smallest absolute Gasteiger partial charge is 0.363 e. The average molecular weight is 628 g/mol. The molecule has 0 aliphatic carbocycles. The molecule has 13 heteroatoms. The molecule has 2 aliphatic heterocycles. The van der Waals surface area contributed by atoms with Gasteiger partial charge in [0.05, 0.1) is 0 Å². The number of carbonyl (C=O) groups is 5. The standard InChI is InChI=1S/C31H34ClN3O9/c1-30(2,3)24(27(39)35-15-5-6-21(35)26(38)34(4)19-11-9-18(32)10-12-19)33-23(36)14-8-17-7-13-22-20(16-17)25(37)31(44-22,28(40)41)29(42)43/h7-14,16,21,24-25,37H,5-6,15H2,1-4H3,(H,33,36)(H,40,41)(H,42,43)/t21-,24+,25?/m0/s1. The van der Waals surface area contributed by atoms with Crippen LogP contribution in [0.1, 0.15) is 50.8 Å². The normalized spacial score (nSPS) is 19.6. The molecule has 0 bridgehead atoms. The van der Waals surface area contributed by atoms with Crippen LogP contribution in [0.15, 0.2) is 48.5 Å². The lowest BCUT2D eigenvalue weighted by Gasteiger charge is -2.36. The van der Waals surface area contributed by atoms with Gasteiger partial charge in [-0.1, -0.05) is 38.4 Å². The minimum absolute atomic E-state index is 0.0617. The van der Waals surface area contributed by atoms with Crippen LogP contribution in [0.4, 0.5) is 5.69 Å². The molecule has 3 amide bonds. The molecule has 12 nitrogen and oxygen atoms in total. The number of hydrogen-bond donors (Lipinski definition) is 4. The topological polar surface area (TPSA) is 174 Å². The zero-order chi connectivity index (χ0) is 32.6. The van der Waals surface area contributed by atoms with Crippen LogP contribution in [0, 0.1) is 5.41 Å². The van der Waals surface area contributed by atoms with Crippen molar-refractivity contribution in [2.45, 2.75) is 57.4 Å². The first-order chi connectivity index (χ1) is 20.6. The second-order valence-electron chi connectivity index (χ2n) is 11.9. The van der Waals surface area contributed by atoms with E-state index >= 15 is 0 Å². The summed E-state index contributed by atoms with van der Waals surface area (Å²) < 4.78 is 5.12. The highest BCUT2D eigenvalue weighted by molar-refractivity contribution is 6.30. The number of aliphatic hydroxyl groups is 1. The third kappa shape index (κ3) is 6.13. The van der Waals surface area contributed by atoms with E-state index in [1.165, 1.54) is 40.2 Å². The molecule has 0 aromatic heterocycles. The van der Waals surface area contributed by atoms with Gasteiger partial charge in [-0.25, -0.2) is 9.59 Å². The van der Waals surface area contributed by atoms with Gasteiger partial charge in [0.2, 0.25) is 17.7 Å². The van der Waals surface area contributed by atoms with E-state index in [1.807, 2.05) is 0 Å². The Balaban J connectivity index is 1.49. The number of aliphatic carboxylic acids is 2. The number of fused-ring (bicyclic) bond motifs is 1. The lowest BCUT2D eigenvalue weighted by Crippen LogP contribution is -2.57. The molecule has 234 valence electrons. The number of carboxylic acids is 2. The van der Waals surface area contributed by atoms with Crippen LogP contribution in [-0.4, -0.2) is 81.2 Å². The number of hydrogen-bond acceptors (Lipinski definition) is 7. The van der Waals surface area contributed by atoms with Gasteiger partial charge in [-0.05, 0) is 66.3 Å². The quantitative estimate of drug-likeness (QED) is 0.253. The summed E-state index contributed by atoms with van der Waals surface area (Å²) in [5.41, 5.74) is -2.69. The summed E-state index contributed by atoms with van der Waals surface area (Å²) in [6, 6.07) is 9.19. The van der Waals surface area contributed by atoms with Gasteiger partial charge in [-0.2, -0.15) is 0 Å². The average Bonchev–Trinajstić information content (AvgIpc) is 3.57. The number of halogens is 1. The number of anilines is 1. The van der Waals surface area contributed by atoms with E-state index in [0.29, 0.717) is 35.7 Å².